The number of ether oxygens (including phenoxy) is 1. The standard InChI is InChI=1S/C9H17N3O3/c1-2-15-8(13)11-9(7(10)12-14)5-3-4-6-9/h14H,2-6H2,1H3,(H2,10,12)(H,11,13). The summed E-state index contributed by atoms with van der Waals surface area (Å²) in [6, 6.07) is 0. The smallest absolute Gasteiger partial charge is 0.407 e. The molecule has 0 radical (unpaired) electrons. The number of rotatable bonds is 3. The van der Waals surface area contributed by atoms with Gasteiger partial charge in [0.2, 0.25) is 0 Å². The van der Waals surface area contributed by atoms with Crippen molar-refractivity contribution in [2.45, 2.75) is 38.1 Å². The molecule has 1 aliphatic carbocycles. The van der Waals surface area contributed by atoms with Gasteiger partial charge in [0.25, 0.3) is 0 Å². The first-order chi connectivity index (χ1) is 7.14. The highest BCUT2D eigenvalue weighted by atomic mass is 16.5. The summed E-state index contributed by atoms with van der Waals surface area (Å²) in [7, 11) is 0. The summed E-state index contributed by atoms with van der Waals surface area (Å²) in [4.78, 5) is 11.3. The van der Waals surface area contributed by atoms with Crippen LogP contribution in [0.5, 0.6) is 0 Å². The number of nitrogens with two attached hydrogens (primary N) is 1. The molecule has 15 heavy (non-hydrogen) atoms. The first-order valence-corrected chi connectivity index (χ1v) is 5.07. The van der Waals surface area contributed by atoms with Gasteiger partial charge in [0.15, 0.2) is 5.84 Å². The molecule has 4 N–H and O–H groups in total. The molecule has 1 saturated carbocycles. The maximum Gasteiger partial charge on any atom is 0.407 e. The van der Waals surface area contributed by atoms with E-state index in [1.54, 1.807) is 6.92 Å². The summed E-state index contributed by atoms with van der Waals surface area (Å²) < 4.78 is 4.78. The van der Waals surface area contributed by atoms with E-state index in [-0.39, 0.29) is 5.84 Å². The zero-order chi connectivity index (χ0) is 11.3. The van der Waals surface area contributed by atoms with Crippen LogP contribution < -0.4 is 11.1 Å². The Labute approximate surface area is 88.5 Å². The number of amides is 1. The minimum absolute atomic E-state index is 0.0491. The Bertz CT molecular complexity index is 259. The molecule has 86 valence electrons. The van der Waals surface area contributed by atoms with E-state index in [2.05, 4.69) is 10.5 Å². The quantitative estimate of drug-likeness (QED) is 0.280. The molecular weight excluding hydrogens is 198 g/mol. The number of alkyl carbamates (subject to hydrolysis) is 1. The highest BCUT2D eigenvalue weighted by Gasteiger charge is 2.40. The Morgan fingerprint density at radius 1 is 1.60 bits per heavy atom. The second-order valence-corrected chi connectivity index (χ2v) is 3.62. The lowest BCUT2D eigenvalue weighted by molar-refractivity contribution is 0.144. The monoisotopic (exact) mass is 215 g/mol. The summed E-state index contributed by atoms with van der Waals surface area (Å²) >= 11 is 0. The van der Waals surface area contributed by atoms with Gasteiger partial charge in [-0.3, -0.25) is 0 Å². The van der Waals surface area contributed by atoms with E-state index in [0.29, 0.717) is 19.4 Å². The second kappa shape index (κ2) is 4.86. The molecule has 0 aromatic rings. The van der Waals surface area contributed by atoms with E-state index < -0.39 is 11.6 Å². The molecule has 1 amide bonds. The molecule has 0 aliphatic heterocycles. The van der Waals surface area contributed by atoms with E-state index in [1.807, 2.05) is 0 Å². The van der Waals surface area contributed by atoms with Crippen LogP contribution in [0, 0.1) is 0 Å². The Hall–Kier alpha value is -1.46. The lowest BCUT2D eigenvalue weighted by Crippen LogP contribution is -2.55. The zero-order valence-corrected chi connectivity index (χ0v) is 8.82. The fraction of sp³-hybridized carbons (Fsp3) is 0.778. The largest absolute Gasteiger partial charge is 0.450 e. The van der Waals surface area contributed by atoms with Gasteiger partial charge in [-0.05, 0) is 19.8 Å². The number of oxime groups is 1. The molecule has 6 heteroatoms. The molecule has 1 aliphatic rings. The van der Waals surface area contributed by atoms with Gasteiger partial charge in [-0.25, -0.2) is 4.79 Å². The first kappa shape index (κ1) is 11.6. The van der Waals surface area contributed by atoms with Crippen LogP contribution in [0.1, 0.15) is 32.6 Å². The predicted molar refractivity (Wildman–Crippen MR) is 54.8 cm³/mol. The normalized spacial score (nSPS) is 19.9. The lowest BCUT2D eigenvalue weighted by atomic mass is 9.96. The maximum absolute atomic E-state index is 11.3. The number of carbonyl (C=O) groups excluding carboxylic acids is 1. The third kappa shape index (κ3) is 2.51. The summed E-state index contributed by atoms with van der Waals surface area (Å²) in [5, 5.41) is 14.3. The van der Waals surface area contributed by atoms with Gasteiger partial charge in [0.1, 0.15) is 5.54 Å². The molecule has 0 aromatic heterocycles. The molecule has 0 heterocycles. The molecule has 1 rings (SSSR count). The van der Waals surface area contributed by atoms with Crippen molar-refractivity contribution in [3.63, 3.8) is 0 Å². The average molecular weight is 215 g/mol. The summed E-state index contributed by atoms with van der Waals surface area (Å²) in [5.74, 6) is 0.0491. The van der Waals surface area contributed by atoms with Crippen molar-refractivity contribution in [3.05, 3.63) is 0 Å². The molecular formula is C9H17N3O3. The average Bonchev–Trinajstić information content (AvgIpc) is 2.66. The number of hydrogen-bond acceptors (Lipinski definition) is 4. The SMILES string of the molecule is CCOC(=O)NC1(/C(N)=N/O)CCCC1. The highest BCUT2D eigenvalue weighted by molar-refractivity contribution is 5.92. The molecule has 0 bridgehead atoms. The van der Waals surface area contributed by atoms with Crippen molar-refractivity contribution < 1.29 is 14.7 Å². The molecule has 6 nitrogen and oxygen atoms in total. The minimum Gasteiger partial charge on any atom is -0.450 e. The number of hydrogen-bond donors (Lipinski definition) is 3. The van der Waals surface area contributed by atoms with E-state index >= 15 is 0 Å². The van der Waals surface area contributed by atoms with Crippen molar-refractivity contribution in [1.82, 2.24) is 5.32 Å². The molecule has 0 saturated heterocycles. The van der Waals surface area contributed by atoms with Crippen LogP contribution in [-0.4, -0.2) is 29.3 Å². The third-order valence-electron chi connectivity index (χ3n) is 2.67. The topological polar surface area (TPSA) is 96.9 Å². The van der Waals surface area contributed by atoms with E-state index in [1.165, 1.54) is 0 Å². The Balaban J connectivity index is 2.70. The Kier molecular flexibility index (Phi) is 3.76. The number of nitrogens with one attached hydrogen (secondary N) is 1. The van der Waals surface area contributed by atoms with Crippen LogP contribution in [0.25, 0.3) is 0 Å². The van der Waals surface area contributed by atoms with Crippen molar-refractivity contribution in [3.8, 4) is 0 Å². The fourth-order valence-electron chi connectivity index (χ4n) is 1.88. The molecule has 0 spiro atoms. The molecule has 0 aromatic carbocycles. The second-order valence-electron chi connectivity index (χ2n) is 3.62. The van der Waals surface area contributed by atoms with E-state index in [0.717, 1.165) is 12.8 Å². The van der Waals surface area contributed by atoms with Gasteiger partial charge in [0, 0.05) is 0 Å². The number of carbonyl (C=O) groups is 1. The first-order valence-electron chi connectivity index (χ1n) is 5.07. The van der Waals surface area contributed by atoms with Gasteiger partial charge < -0.3 is 21.0 Å². The van der Waals surface area contributed by atoms with E-state index in [4.69, 9.17) is 15.7 Å². The zero-order valence-electron chi connectivity index (χ0n) is 8.82. The molecule has 0 unspecified atom stereocenters. The van der Waals surface area contributed by atoms with Crippen LogP contribution in [0.2, 0.25) is 0 Å². The van der Waals surface area contributed by atoms with Gasteiger partial charge in [0.05, 0.1) is 6.61 Å². The van der Waals surface area contributed by atoms with Crippen molar-refractivity contribution in [2.24, 2.45) is 10.9 Å². The van der Waals surface area contributed by atoms with Crippen LogP contribution in [-0.2, 0) is 4.74 Å². The van der Waals surface area contributed by atoms with Gasteiger partial charge in [-0.1, -0.05) is 18.0 Å². The van der Waals surface area contributed by atoms with Gasteiger partial charge in [-0.2, -0.15) is 0 Å². The molecule has 1 fully saturated rings. The van der Waals surface area contributed by atoms with Crippen LogP contribution in [0.3, 0.4) is 0 Å². The van der Waals surface area contributed by atoms with Crippen molar-refractivity contribution in [1.29, 1.82) is 0 Å². The van der Waals surface area contributed by atoms with Crippen molar-refractivity contribution in [2.75, 3.05) is 6.61 Å². The summed E-state index contributed by atoms with van der Waals surface area (Å²) in [6.07, 6.45) is 2.74. The summed E-state index contributed by atoms with van der Waals surface area (Å²) in [6.45, 7) is 2.03. The van der Waals surface area contributed by atoms with Crippen LogP contribution >= 0.6 is 0 Å². The Morgan fingerprint density at radius 2 is 2.20 bits per heavy atom. The Morgan fingerprint density at radius 3 is 2.67 bits per heavy atom. The highest BCUT2D eigenvalue weighted by Crippen LogP contribution is 2.29. The van der Waals surface area contributed by atoms with Crippen LogP contribution in [0.15, 0.2) is 5.16 Å². The van der Waals surface area contributed by atoms with E-state index in [9.17, 15) is 4.79 Å². The maximum atomic E-state index is 11.3. The fourth-order valence-corrected chi connectivity index (χ4v) is 1.88. The third-order valence-corrected chi connectivity index (χ3v) is 2.67. The van der Waals surface area contributed by atoms with Gasteiger partial charge in [-0.15, -0.1) is 0 Å². The molecule has 0 atom stereocenters. The lowest BCUT2D eigenvalue weighted by Gasteiger charge is -2.27. The van der Waals surface area contributed by atoms with Crippen LogP contribution in [0.4, 0.5) is 4.79 Å². The summed E-state index contributed by atoms with van der Waals surface area (Å²) in [5.41, 5.74) is 4.87. The van der Waals surface area contributed by atoms with Crippen molar-refractivity contribution >= 4 is 11.9 Å². The van der Waals surface area contributed by atoms with Gasteiger partial charge >= 0.3 is 6.09 Å². The minimum atomic E-state index is -0.721. The number of nitrogens with zero attached hydrogens (tertiary/aromatic N) is 1. The predicted octanol–water partition coefficient (Wildman–Crippen LogP) is 0.792. The number of amidine groups is 1.